The molecule has 132 valence electrons. The Bertz CT molecular complexity index is 785. The van der Waals surface area contributed by atoms with Gasteiger partial charge in [0.15, 0.2) is 0 Å². The summed E-state index contributed by atoms with van der Waals surface area (Å²) in [5, 5.41) is 10.5. The average molecular weight is 359 g/mol. The van der Waals surface area contributed by atoms with Crippen molar-refractivity contribution in [2.45, 2.75) is 33.4 Å². The lowest BCUT2D eigenvalue weighted by Crippen LogP contribution is -2.56. The number of halogens is 1. The first-order valence-corrected chi connectivity index (χ1v) is 8.76. The van der Waals surface area contributed by atoms with Crippen LogP contribution in [0.5, 0.6) is 0 Å². The number of para-hydroxylation sites is 2. The summed E-state index contributed by atoms with van der Waals surface area (Å²) >= 11 is 6.12. The Kier molecular flexibility index (Phi) is 4.65. The fraction of sp³-hybridized carbons (Fsp3) is 0.350. The highest BCUT2D eigenvalue weighted by atomic mass is 35.5. The molecule has 0 saturated heterocycles. The van der Waals surface area contributed by atoms with E-state index >= 15 is 0 Å². The van der Waals surface area contributed by atoms with Crippen LogP contribution in [0, 0.1) is 5.41 Å². The Morgan fingerprint density at radius 2 is 1.84 bits per heavy atom. The molecule has 1 N–H and O–H groups in total. The fourth-order valence-corrected chi connectivity index (χ4v) is 3.61. The van der Waals surface area contributed by atoms with Gasteiger partial charge in [0.2, 0.25) is 0 Å². The maximum absolute atomic E-state index is 12.0. The molecule has 4 nitrogen and oxygen atoms in total. The van der Waals surface area contributed by atoms with E-state index in [1.807, 2.05) is 48.5 Å². The minimum atomic E-state index is -0.908. The highest BCUT2D eigenvalue weighted by molar-refractivity contribution is 6.30. The van der Waals surface area contributed by atoms with Crippen LogP contribution in [-0.2, 0) is 6.54 Å². The molecule has 0 bridgehead atoms. The lowest BCUT2D eigenvalue weighted by molar-refractivity contribution is 0.188. The topological polar surface area (TPSA) is 43.8 Å². The van der Waals surface area contributed by atoms with E-state index in [2.05, 4.69) is 25.7 Å². The van der Waals surface area contributed by atoms with Gasteiger partial charge >= 0.3 is 6.09 Å². The molecule has 0 fully saturated rings. The zero-order valence-electron chi connectivity index (χ0n) is 14.7. The Labute approximate surface area is 153 Å². The number of carboxylic acid groups (broad SMARTS) is 1. The predicted octanol–water partition coefficient (Wildman–Crippen LogP) is 5.26. The number of benzene rings is 2. The lowest BCUT2D eigenvalue weighted by Gasteiger charge is -2.47. The zero-order chi connectivity index (χ0) is 18.2. The standard InChI is InChI=1S/C20H23ClN2O2/c1-20(2,3)18-13-22(12-14-7-6-8-15(21)11-14)16-9-4-5-10-17(16)23(18)19(24)25/h4-11,18H,12-13H2,1-3H3,(H,24,25). The molecule has 3 rings (SSSR count). The van der Waals surface area contributed by atoms with Gasteiger partial charge in [-0.05, 0) is 35.2 Å². The lowest BCUT2D eigenvalue weighted by atomic mass is 9.83. The SMILES string of the molecule is CC(C)(C)C1CN(Cc2cccc(Cl)c2)c2ccccc2N1C(=O)O. The fourth-order valence-electron chi connectivity index (χ4n) is 3.39. The van der Waals surface area contributed by atoms with E-state index in [1.54, 1.807) is 0 Å². The van der Waals surface area contributed by atoms with E-state index in [0.717, 1.165) is 16.9 Å². The van der Waals surface area contributed by atoms with Crippen LogP contribution in [-0.4, -0.2) is 23.8 Å². The molecule has 25 heavy (non-hydrogen) atoms. The first-order chi connectivity index (χ1) is 11.8. The van der Waals surface area contributed by atoms with E-state index in [4.69, 9.17) is 11.6 Å². The first-order valence-electron chi connectivity index (χ1n) is 8.38. The van der Waals surface area contributed by atoms with Gasteiger partial charge in [-0.2, -0.15) is 0 Å². The monoisotopic (exact) mass is 358 g/mol. The smallest absolute Gasteiger partial charge is 0.412 e. The van der Waals surface area contributed by atoms with Gasteiger partial charge in [0.25, 0.3) is 0 Å². The summed E-state index contributed by atoms with van der Waals surface area (Å²) in [4.78, 5) is 15.7. The van der Waals surface area contributed by atoms with Crippen molar-refractivity contribution in [2.24, 2.45) is 5.41 Å². The van der Waals surface area contributed by atoms with Gasteiger partial charge in [0.1, 0.15) is 0 Å². The van der Waals surface area contributed by atoms with Gasteiger partial charge in [0.05, 0.1) is 17.4 Å². The van der Waals surface area contributed by atoms with Crippen molar-refractivity contribution in [3.8, 4) is 0 Å². The van der Waals surface area contributed by atoms with Crippen molar-refractivity contribution in [3.63, 3.8) is 0 Å². The molecule has 1 amide bonds. The van der Waals surface area contributed by atoms with Gasteiger partial charge in [-0.1, -0.05) is 56.6 Å². The molecule has 0 saturated carbocycles. The van der Waals surface area contributed by atoms with Gasteiger partial charge in [0, 0.05) is 18.1 Å². The van der Waals surface area contributed by atoms with Crippen LogP contribution < -0.4 is 9.80 Å². The second kappa shape index (κ2) is 6.60. The van der Waals surface area contributed by atoms with Crippen molar-refractivity contribution < 1.29 is 9.90 Å². The number of carbonyl (C=O) groups is 1. The van der Waals surface area contributed by atoms with Crippen LogP contribution in [0.25, 0.3) is 0 Å². The third-order valence-corrected chi connectivity index (χ3v) is 4.89. The second-order valence-electron chi connectivity index (χ2n) is 7.53. The molecule has 0 aliphatic carbocycles. The first kappa shape index (κ1) is 17.6. The molecule has 0 spiro atoms. The average Bonchev–Trinajstić information content (AvgIpc) is 2.53. The Balaban J connectivity index is 2.04. The molecular formula is C20H23ClN2O2. The van der Waals surface area contributed by atoms with E-state index in [-0.39, 0.29) is 11.5 Å². The Hall–Kier alpha value is -2.20. The summed E-state index contributed by atoms with van der Waals surface area (Å²) in [5.74, 6) is 0. The molecule has 1 unspecified atom stereocenters. The number of nitrogens with zero attached hydrogens (tertiary/aromatic N) is 2. The van der Waals surface area contributed by atoms with Gasteiger partial charge in [-0.25, -0.2) is 4.79 Å². The summed E-state index contributed by atoms with van der Waals surface area (Å²) < 4.78 is 0. The molecule has 2 aromatic rings. The molecule has 1 atom stereocenters. The van der Waals surface area contributed by atoms with Gasteiger partial charge in [-0.15, -0.1) is 0 Å². The molecule has 1 aliphatic heterocycles. The number of hydrogen-bond acceptors (Lipinski definition) is 2. The van der Waals surface area contributed by atoms with Crippen molar-refractivity contribution in [3.05, 3.63) is 59.1 Å². The maximum atomic E-state index is 12.0. The van der Waals surface area contributed by atoms with Crippen LogP contribution in [0.4, 0.5) is 16.2 Å². The van der Waals surface area contributed by atoms with Gasteiger partial charge < -0.3 is 10.0 Å². The van der Waals surface area contributed by atoms with Crippen LogP contribution >= 0.6 is 11.6 Å². The minimum Gasteiger partial charge on any atom is -0.465 e. The Morgan fingerprint density at radius 1 is 1.16 bits per heavy atom. The normalized spacial score (nSPS) is 17.4. The minimum absolute atomic E-state index is 0.140. The highest BCUT2D eigenvalue weighted by Crippen LogP contribution is 2.41. The largest absolute Gasteiger partial charge is 0.465 e. The van der Waals surface area contributed by atoms with Crippen molar-refractivity contribution in [2.75, 3.05) is 16.3 Å². The Morgan fingerprint density at radius 3 is 2.44 bits per heavy atom. The van der Waals surface area contributed by atoms with Crippen LogP contribution in [0.2, 0.25) is 5.02 Å². The van der Waals surface area contributed by atoms with E-state index in [9.17, 15) is 9.90 Å². The molecule has 0 radical (unpaired) electrons. The second-order valence-corrected chi connectivity index (χ2v) is 7.97. The molecule has 0 aromatic heterocycles. The van der Waals surface area contributed by atoms with Gasteiger partial charge in [-0.3, -0.25) is 4.90 Å². The number of rotatable bonds is 2. The maximum Gasteiger partial charge on any atom is 0.412 e. The van der Waals surface area contributed by atoms with E-state index in [1.165, 1.54) is 4.90 Å². The quantitative estimate of drug-likeness (QED) is 0.796. The van der Waals surface area contributed by atoms with Crippen molar-refractivity contribution in [1.29, 1.82) is 0 Å². The third-order valence-electron chi connectivity index (χ3n) is 4.66. The highest BCUT2D eigenvalue weighted by Gasteiger charge is 2.40. The summed E-state index contributed by atoms with van der Waals surface area (Å²) in [6.45, 7) is 7.58. The molecule has 1 heterocycles. The van der Waals surface area contributed by atoms with E-state index < -0.39 is 6.09 Å². The summed E-state index contributed by atoms with van der Waals surface area (Å²) in [5.41, 5.74) is 2.60. The number of hydrogen-bond donors (Lipinski definition) is 1. The summed E-state index contributed by atoms with van der Waals surface area (Å²) in [6.07, 6.45) is -0.908. The van der Waals surface area contributed by atoms with Crippen LogP contribution in [0.3, 0.4) is 0 Å². The van der Waals surface area contributed by atoms with E-state index in [0.29, 0.717) is 18.1 Å². The third kappa shape index (κ3) is 3.59. The molecular weight excluding hydrogens is 336 g/mol. The summed E-state index contributed by atoms with van der Waals surface area (Å²) in [7, 11) is 0. The van der Waals surface area contributed by atoms with Crippen molar-refractivity contribution >= 4 is 29.1 Å². The van der Waals surface area contributed by atoms with Crippen LogP contribution in [0.1, 0.15) is 26.3 Å². The predicted molar refractivity (Wildman–Crippen MR) is 103 cm³/mol. The number of anilines is 2. The van der Waals surface area contributed by atoms with Crippen LogP contribution in [0.15, 0.2) is 48.5 Å². The zero-order valence-corrected chi connectivity index (χ0v) is 15.5. The summed E-state index contributed by atoms with van der Waals surface area (Å²) in [6, 6.07) is 15.4. The number of fused-ring (bicyclic) bond motifs is 1. The molecule has 1 aliphatic rings. The molecule has 2 aromatic carbocycles. The molecule has 5 heteroatoms. The number of amides is 1. The van der Waals surface area contributed by atoms with Crippen molar-refractivity contribution in [1.82, 2.24) is 0 Å².